The minimum Gasteiger partial charge on any atom is -0.496 e. The van der Waals surface area contributed by atoms with E-state index in [0.717, 1.165) is 17.7 Å². The lowest BCUT2D eigenvalue weighted by Crippen LogP contribution is -2.16. The van der Waals surface area contributed by atoms with Gasteiger partial charge in [-0.2, -0.15) is 0 Å². The Balaban J connectivity index is 2.19. The van der Waals surface area contributed by atoms with Crippen LogP contribution < -0.4 is 4.74 Å². The topological polar surface area (TPSA) is 35.5 Å². The number of esters is 1. The fourth-order valence-corrected chi connectivity index (χ4v) is 2.14. The highest BCUT2D eigenvalue weighted by Crippen LogP contribution is 2.33. The van der Waals surface area contributed by atoms with Gasteiger partial charge in [0.25, 0.3) is 0 Å². The van der Waals surface area contributed by atoms with Crippen LogP contribution in [0.1, 0.15) is 31.2 Å². The fraction of sp³-hybridized carbons (Fsp3) is 0.462. The summed E-state index contributed by atoms with van der Waals surface area (Å²) in [6.45, 7) is 2.07. The number of benzene rings is 1. The molecule has 0 aromatic heterocycles. The van der Waals surface area contributed by atoms with Gasteiger partial charge < -0.3 is 9.47 Å². The number of carbonyl (C=O) groups excluding carboxylic acids is 1. The van der Waals surface area contributed by atoms with Crippen molar-refractivity contribution in [2.45, 2.75) is 31.8 Å². The van der Waals surface area contributed by atoms with Gasteiger partial charge in [-0.05, 0) is 12.5 Å². The zero-order chi connectivity index (χ0) is 11.5. The summed E-state index contributed by atoms with van der Waals surface area (Å²) in [6.07, 6.45) is 1.33. The summed E-state index contributed by atoms with van der Waals surface area (Å²) in [5.74, 6) is 0.951. The molecule has 0 unspecified atom stereocenters. The summed E-state index contributed by atoms with van der Waals surface area (Å²) in [6, 6.07) is 7.87. The summed E-state index contributed by atoms with van der Waals surface area (Å²) in [5, 5.41) is 0. The summed E-state index contributed by atoms with van der Waals surface area (Å²) in [7, 11) is 1.66. The first-order chi connectivity index (χ1) is 7.72. The maximum Gasteiger partial charge on any atom is 0.306 e. The minimum atomic E-state index is -0.0910. The van der Waals surface area contributed by atoms with E-state index < -0.39 is 0 Å². The lowest BCUT2D eigenvalue weighted by molar-refractivity contribution is -0.142. The van der Waals surface area contributed by atoms with Crippen molar-refractivity contribution in [1.29, 1.82) is 0 Å². The summed E-state index contributed by atoms with van der Waals surface area (Å²) < 4.78 is 10.6. The highest BCUT2D eigenvalue weighted by Gasteiger charge is 2.30. The third-order valence-corrected chi connectivity index (χ3v) is 3.10. The van der Waals surface area contributed by atoms with E-state index in [2.05, 4.69) is 6.92 Å². The van der Waals surface area contributed by atoms with E-state index in [0.29, 0.717) is 6.42 Å². The number of methoxy groups -OCH3 is 1. The Morgan fingerprint density at radius 2 is 2.19 bits per heavy atom. The Kier molecular flexibility index (Phi) is 3.13. The number of rotatable bonds is 3. The summed E-state index contributed by atoms with van der Waals surface area (Å²) in [4.78, 5) is 11.1. The van der Waals surface area contributed by atoms with E-state index in [-0.39, 0.29) is 18.0 Å². The first-order valence-corrected chi connectivity index (χ1v) is 5.54. The van der Waals surface area contributed by atoms with Gasteiger partial charge in [-0.15, -0.1) is 0 Å². The largest absolute Gasteiger partial charge is 0.496 e. The molecule has 3 heteroatoms. The van der Waals surface area contributed by atoms with Gasteiger partial charge in [-0.25, -0.2) is 0 Å². The van der Waals surface area contributed by atoms with Gasteiger partial charge in [0.2, 0.25) is 0 Å². The van der Waals surface area contributed by atoms with Gasteiger partial charge >= 0.3 is 5.97 Å². The molecule has 16 heavy (non-hydrogen) atoms. The van der Waals surface area contributed by atoms with Crippen LogP contribution in [0, 0.1) is 0 Å². The maximum atomic E-state index is 11.1. The minimum absolute atomic E-state index is 0.0104. The Morgan fingerprint density at radius 1 is 1.44 bits per heavy atom. The Labute approximate surface area is 95.4 Å². The van der Waals surface area contributed by atoms with E-state index in [9.17, 15) is 4.79 Å². The molecule has 1 aromatic carbocycles. The molecular formula is C13H16O3. The number of carbonyl (C=O) groups is 1. The third-order valence-electron chi connectivity index (χ3n) is 3.10. The molecule has 0 amide bonds. The van der Waals surface area contributed by atoms with Crippen molar-refractivity contribution in [2.75, 3.05) is 7.11 Å². The standard InChI is InChI=1S/C13H16O3/c1-9(11-7-8-13(14)16-11)10-5-3-4-6-12(10)15-2/h3-6,9,11H,7-8H2,1-2H3/t9-,11-/m1/s1. The Morgan fingerprint density at radius 3 is 2.81 bits per heavy atom. The molecule has 1 aromatic rings. The zero-order valence-corrected chi connectivity index (χ0v) is 9.60. The molecule has 1 aliphatic heterocycles. The number of para-hydroxylation sites is 1. The second-order valence-corrected chi connectivity index (χ2v) is 4.10. The van der Waals surface area contributed by atoms with Crippen LogP contribution in [0.15, 0.2) is 24.3 Å². The predicted molar refractivity (Wildman–Crippen MR) is 60.5 cm³/mol. The molecule has 1 fully saturated rings. The fourth-order valence-electron chi connectivity index (χ4n) is 2.14. The van der Waals surface area contributed by atoms with Gasteiger partial charge in [-0.3, -0.25) is 4.79 Å². The van der Waals surface area contributed by atoms with Gasteiger partial charge in [0.15, 0.2) is 0 Å². The summed E-state index contributed by atoms with van der Waals surface area (Å²) >= 11 is 0. The van der Waals surface area contributed by atoms with Crippen molar-refractivity contribution >= 4 is 5.97 Å². The maximum absolute atomic E-state index is 11.1. The van der Waals surface area contributed by atoms with Crippen LogP contribution >= 0.6 is 0 Å². The van der Waals surface area contributed by atoms with Crippen molar-refractivity contribution in [3.63, 3.8) is 0 Å². The Bertz CT molecular complexity index is 387. The van der Waals surface area contributed by atoms with Crippen molar-refractivity contribution in [2.24, 2.45) is 0 Å². The quantitative estimate of drug-likeness (QED) is 0.734. The molecule has 1 heterocycles. The van der Waals surface area contributed by atoms with E-state index >= 15 is 0 Å². The second kappa shape index (κ2) is 4.56. The van der Waals surface area contributed by atoms with Gasteiger partial charge in [0, 0.05) is 17.9 Å². The van der Waals surface area contributed by atoms with Gasteiger partial charge in [-0.1, -0.05) is 25.1 Å². The molecule has 0 N–H and O–H groups in total. The molecule has 0 spiro atoms. The molecule has 0 saturated carbocycles. The molecule has 1 aliphatic rings. The van der Waals surface area contributed by atoms with Crippen LogP contribution in [0.3, 0.4) is 0 Å². The van der Waals surface area contributed by atoms with Crippen molar-refractivity contribution in [3.05, 3.63) is 29.8 Å². The van der Waals surface area contributed by atoms with Crippen LogP contribution in [-0.4, -0.2) is 19.2 Å². The first kappa shape index (κ1) is 11.0. The highest BCUT2D eigenvalue weighted by molar-refractivity contribution is 5.71. The van der Waals surface area contributed by atoms with Crippen LogP contribution in [0.5, 0.6) is 5.75 Å². The lowest BCUT2D eigenvalue weighted by Gasteiger charge is -2.20. The second-order valence-electron chi connectivity index (χ2n) is 4.10. The molecule has 2 rings (SSSR count). The molecule has 1 saturated heterocycles. The summed E-state index contributed by atoms with van der Waals surface area (Å²) in [5.41, 5.74) is 1.10. The number of hydrogen-bond donors (Lipinski definition) is 0. The van der Waals surface area contributed by atoms with Crippen molar-refractivity contribution in [3.8, 4) is 5.75 Å². The smallest absolute Gasteiger partial charge is 0.306 e. The van der Waals surface area contributed by atoms with Gasteiger partial charge in [0.05, 0.1) is 7.11 Å². The number of cyclic esters (lactones) is 1. The van der Waals surface area contributed by atoms with Crippen LogP contribution in [-0.2, 0) is 9.53 Å². The van der Waals surface area contributed by atoms with E-state index in [1.165, 1.54) is 0 Å². The van der Waals surface area contributed by atoms with Crippen molar-refractivity contribution in [1.82, 2.24) is 0 Å². The number of hydrogen-bond acceptors (Lipinski definition) is 3. The van der Waals surface area contributed by atoms with Crippen LogP contribution in [0.4, 0.5) is 0 Å². The lowest BCUT2D eigenvalue weighted by atomic mass is 9.93. The van der Waals surface area contributed by atoms with E-state index in [1.807, 2.05) is 24.3 Å². The monoisotopic (exact) mass is 220 g/mol. The molecule has 3 nitrogen and oxygen atoms in total. The molecule has 2 atom stereocenters. The van der Waals surface area contributed by atoms with Crippen LogP contribution in [0.2, 0.25) is 0 Å². The molecule has 0 radical (unpaired) electrons. The third kappa shape index (κ3) is 2.03. The average molecular weight is 220 g/mol. The van der Waals surface area contributed by atoms with Gasteiger partial charge in [0.1, 0.15) is 11.9 Å². The molecule has 86 valence electrons. The van der Waals surface area contributed by atoms with E-state index in [4.69, 9.17) is 9.47 Å². The predicted octanol–water partition coefficient (Wildman–Crippen LogP) is 2.50. The SMILES string of the molecule is COc1ccccc1[C@@H](C)[C@H]1CCC(=O)O1. The Hall–Kier alpha value is -1.51. The average Bonchev–Trinajstić information content (AvgIpc) is 2.75. The normalized spacial score (nSPS) is 21.6. The first-order valence-electron chi connectivity index (χ1n) is 5.54. The molecule has 0 aliphatic carbocycles. The molecule has 0 bridgehead atoms. The van der Waals surface area contributed by atoms with E-state index in [1.54, 1.807) is 7.11 Å². The molecular weight excluding hydrogens is 204 g/mol. The number of ether oxygens (including phenoxy) is 2. The highest BCUT2D eigenvalue weighted by atomic mass is 16.5. The zero-order valence-electron chi connectivity index (χ0n) is 9.60. The van der Waals surface area contributed by atoms with Crippen LogP contribution in [0.25, 0.3) is 0 Å². The van der Waals surface area contributed by atoms with Crippen molar-refractivity contribution < 1.29 is 14.3 Å².